The second kappa shape index (κ2) is 12.6. The summed E-state index contributed by atoms with van der Waals surface area (Å²) in [5, 5.41) is 5.78. The van der Waals surface area contributed by atoms with E-state index in [1.54, 1.807) is 24.3 Å². The first-order chi connectivity index (χ1) is 14.7. The van der Waals surface area contributed by atoms with E-state index < -0.39 is 0 Å². The molecule has 0 bridgehead atoms. The zero-order valence-corrected chi connectivity index (χ0v) is 17.4. The summed E-state index contributed by atoms with van der Waals surface area (Å²) in [7, 11) is 0. The predicted octanol–water partition coefficient (Wildman–Crippen LogP) is 1.54. The first-order valence-electron chi connectivity index (χ1n) is 10.8. The maximum Gasteiger partial charge on any atom is 0.251 e. The van der Waals surface area contributed by atoms with Crippen molar-refractivity contribution in [3.05, 3.63) is 35.4 Å². The minimum Gasteiger partial charge on any atom is -0.379 e. The fourth-order valence-corrected chi connectivity index (χ4v) is 2.83. The van der Waals surface area contributed by atoms with Gasteiger partial charge in [-0.1, -0.05) is 6.07 Å². The molecule has 0 spiro atoms. The van der Waals surface area contributed by atoms with Gasteiger partial charge in [-0.2, -0.15) is 0 Å². The van der Waals surface area contributed by atoms with E-state index in [0.29, 0.717) is 50.6 Å². The average molecular weight is 421 g/mol. The second-order valence-corrected chi connectivity index (χ2v) is 7.57. The van der Waals surface area contributed by atoms with Gasteiger partial charge in [-0.3, -0.25) is 9.59 Å². The highest BCUT2D eigenvalue weighted by molar-refractivity contribution is 5.99. The SMILES string of the molecule is O=C(NCCCCOCC1CO1)c1cccc(C(=O)NCCCCOCC2CO2)c1. The van der Waals surface area contributed by atoms with Gasteiger partial charge < -0.3 is 29.6 Å². The fourth-order valence-electron chi connectivity index (χ4n) is 2.83. The van der Waals surface area contributed by atoms with Crippen LogP contribution < -0.4 is 10.6 Å². The number of amides is 2. The smallest absolute Gasteiger partial charge is 0.251 e. The number of ether oxygens (including phenoxy) is 4. The molecule has 0 aliphatic carbocycles. The van der Waals surface area contributed by atoms with Gasteiger partial charge >= 0.3 is 0 Å². The van der Waals surface area contributed by atoms with Gasteiger partial charge in [0.1, 0.15) is 12.2 Å². The molecule has 2 saturated heterocycles. The number of epoxide rings is 2. The Morgan fingerprint density at radius 2 is 1.30 bits per heavy atom. The standard InChI is InChI=1S/C22H32N2O6/c25-21(23-8-1-3-10-27-13-19-15-29-19)17-6-5-7-18(12-17)22(26)24-9-2-4-11-28-14-20-16-30-20/h5-7,12,19-20H,1-4,8-11,13-16H2,(H,23,25)(H,24,26). The number of nitrogens with one attached hydrogen (secondary N) is 2. The van der Waals surface area contributed by atoms with E-state index in [0.717, 1.165) is 38.9 Å². The Hall–Kier alpha value is -2.00. The molecular formula is C22H32N2O6. The summed E-state index contributed by atoms with van der Waals surface area (Å²) in [6, 6.07) is 6.78. The lowest BCUT2D eigenvalue weighted by molar-refractivity contribution is 0.0945. The van der Waals surface area contributed by atoms with E-state index in [2.05, 4.69) is 10.6 Å². The van der Waals surface area contributed by atoms with E-state index in [-0.39, 0.29) is 24.0 Å². The third-order valence-corrected chi connectivity index (χ3v) is 4.80. The van der Waals surface area contributed by atoms with E-state index >= 15 is 0 Å². The minimum absolute atomic E-state index is 0.172. The van der Waals surface area contributed by atoms with Gasteiger partial charge in [-0.25, -0.2) is 0 Å². The van der Waals surface area contributed by atoms with Gasteiger partial charge in [-0.05, 0) is 43.9 Å². The van der Waals surface area contributed by atoms with Crippen LogP contribution in [0.4, 0.5) is 0 Å². The normalized spacial score (nSPS) is 19.3. The molecule has 2 aliphatic heterocycles. The van der Waals surface area contributed by atoms with Gasteiger partial charge in [0.25, 0.3) is 11.8 Å². The van der Waals surface area contributed by atoms with Gasteiger partial charge in [0.2, 0.25) is 0 Å². The lowest BCUT2D eigenvalue weighted by Crippen LogP contribution is -2.27. The quantitative estimate of drug-likeness (QED) is 0.311. The number of hydrogen-bond acceptors (Lipinski definition) is 6. The number of rotatable bonds is 16. The summed E-state index contributed by atoms with van der Waals surface area (Å²) in [5.41, 5.74) is 0.973. The van der Waals surface area contributed by atoms with Crippen LogP contribution in [0.25, 0.3) is 0 Å². The molecule has 2 aliphatic rings. The van der Waals surface area contributed by atoms with Crippen molar-refractivity contribution in [3.8, 4) is 0 Å². The van der Waals surface area contributed by atoms with Crippen molar-refractivity contribution in [1.29, 1.82) is 0 Å². The zero-order valence-electron chi connectivity index (χ0n) is 17.4. The van der Waals surface area contributed by atoms with Crippen molar-refractivity contribution >= 4 is 11.8 Å². The summed E-state index contributed by atoms with van der Waals surface area (Å²) in [6.45, 7) is 5.42. The summed E-state index contributed by atoms with van der Waals surface area (Å²) in [6.07, 6.45) is 4.03. The van der Waals surface area contributed by atoms with Gasteiger partial charge in [0.15, 0.2) is 0 Å². The zero-order chi connectivity index (χ0) is 21.0. The van der Waals surface area contributed by atoms with Gasteiger partial charge in [-0.15, -0.1) is 0 Å². The Labute approximate surface area is 177 Å². The van der Waals surface area contributed by atoms with Crippen LogP contribution in [0.3, 0.4) is 0 Å². The van der Waals surface area contributed by atoms with E-state index in [4.69, 9.17) is 18.9 Å². The molecular weight excluding hydrogens is 388 g/mol. The Kier molecular flexibility index (Phi) is 9.56. The lowest BCUT2D eigenvalue weighted by atomic mass is 10.1. The van der Waals surface area contributed by atoms with E-state index in [1.165, 1.54) is 0 Å². The molecule has 2 unspecified atom stereocenters. The topological polar surface area (TPSA) is 102 Å². The van der Waals surface area contributed by atoms with Crippen molar-refractivity contribution < 1.29 is 28.5 Å². The maximum absolute atomic E-state index is 12.3. The molecule has 8 nitrogen and oxygen atoms in total. The minimum atomic E-state index is -0.172. The lowest BCUT2D eigenvalue weighted by Gasteiger charge is -2.08. The number of unbranched alkanes of at least 4 members (excludes halogenated alkanes) is 2. The van der Waals surface area contributed by atoms with Crippen molar-refractivity contribution in [2.24, 2.45) is 0 Å². The molecule has 1 aromatic rings. The van der Waals surface area contributed by atoms with Crippen LogP contribution in [0.15, 0.2) is 24.3 Å². The Morgan fingerprint density at radius 1 is 0.833 bits per heavy atom. The van der Waals surface area contributed by atoms with Crippen molar-refractivity contribution in [2.45, 2.75) is 37.9 Å². The second-order valence-electron chi connectivity index (χ2n) is 7.57. The molecule has 166 valence electrons. The Morgan fingerprint density at radius 3 is 1.73 bits per heavy atom. The first kappa shape index (κ1) is 22.7. The number of carbonyl (C=O) groups is 2. The third kappa shape index (κ3) is 9.21. The van der Waals surface area contributed by atoms with Gasteiger partial charge in [0.05, 0.1) is 26.4 Å². The molecule has 3 rings (SSSR count). The molecule has 0 radical (unpaired) electrons. The summed E-state index contributed by atoms with van der Waals surface area (Å²) in [5.74, 6) is -0.345. The van der Waals surface area contributed by atoms with E-state index in [1.807, 2.05) is 0 Å². The molecule has 0 aromatic heterocycles. The third-order valence-electron chi connectivity index (χ3n) is 4.80. The van der Waals surface area contributed by atoms with Crippen LogP contribution in [0.5, 0.6) is 0 Å². The highest BCUT2D eigenvalue weighted by atomic mass is 16.6. The van der Waals surface area contributed by atoms with Crippen LogP contribution in [0.2, 0.25) is 0 Å². The Bertz CT molecular complexity index is 622. The van der Waals surface area contributed by atoms with Crippen LogP contribution in [0.1, 0.15) is 46.4 Å². The highest BCUT2D eigenvalue weighted by Gasteiger charge is 2.22. The van der Waals surface area contributed by atoms with E-state index in [9.17, 15) is 9.59 Å². The monoisotopic (exact) mass is 420 g/mol. The average Bonchev–Trinajstić information content (AvgIpc) is 3.67. The first-order valence-corrected chi connectivity index (χ1v) is 10.8. The molecule has 2 fully saturated rings. The van der Waals surface area contributed by atoms with Gasteiger partial charge in [0, 0.05) is 37.4 Å². The molecule has 1 aromatic carbocycles. The molecule has 8 heteroatoms. The summed E-state index contributed by atoms with van der Waals surface area (Å²) < 4.78 is 21.1. The number of hydrogen-bond donors (Lipinski definition) is 2. The summed E-state index contributed by atoms with van der Waals surface area (Å²) in [4.78, 5) is 24.6. The molecule has 2 atom stereocenters. The van der Waals surface area contributed by atoms with Crippen LogP contribution in [-0.2, 0) is 18.9 Å². The van der Waals surface area contributed by atoms with Crippen molar-refractivity contribution in [3.63, 3.8) is 0 Å². The molecule has 0 saturated carbocycles. The largest absolute Gasteiger partial charge is 0.379 e. The summed E-state index contributed by atoms with van der Waals surface area (Å²) >= 11 is 0. The van der Waals surface area contributed by atoms with Crippen molar-refractivity contribution in [1.82, 2.24) is 10.6 Å². The maximum atomic E-state index is 12.3. The number of carbonyl (C=O) groups excluding carboxylic acids is 2. The molecule has 2 heterocycles. The predicted molar refractivity (Wildman–Crippen MR) is 111 cm³/mol. The fraction of sp³-hybridized carbons (Fsp3) is 0.636. The molecule has 2 N–H and O–H groups in total. The molecule has 2 amide bonds. The van der Waals surface area contributed by atoms with Crippen LogP contribution >= 0.6 is 0 Å². The molecule has 30 heavy (non-hydrogen) atoms. The van der Waals surface area contributed by atoms with Crippen LogP contribution in [0, 0.1) is 0 Å². The Balaban J connectivity index is 1.25. The van der Waals surface area contributed by atoms with Crippen molar-refractivity contribution in [2.75, 3.05) is 52.7 Å². The van der Waals surface area contributed by atoms with Crippen LogP contribution in [-0.4, -0.2) is 76.8 Å². The highest BCUT2D eigenvalue weighted by Crippen LogP contribution is 2.10. The number of benzene rings is 1.